The number of amides is 2. The van der Waals surface area contributed by atoms with E-state index in [0.717, 1.165) is 38.0 Å². The molecule has 1 saturated carbocycles. The number of carbonyl (C=O) groups is 1. The Labute approximate surface area is 104 Å². The molecule has 0 aromatic rings. The average molecular weight is 239 g/mol. The molecular formula is C13H25N3O. The number of nitrogens with one attached hydrogen (secondary N) is 2. The van der Waals surface area contributed by atoms with Crippen LogP contribution in [0.15, 0.2) is 0 Å². The molecule has 3 atom stereocenters. The molecule has 2 N–H and O–H groups in total. The first kappa shape index (κ1) is 12.7. The Balaban J connectivity index is 1.63. The highest BCUT2D eigenvalue weighted by molar-refractivity contribution is 5.76. The molecule has 17 heavy (non-hydrogen) atoms. The lowest BCUT2D eigenvalue weighted by Gasteiger charge is -2.33. The van der Waals surface area contributed by atoms with Crippen molar-refractivity contribution in [3.8, 4) is 0 Å². The third-order valence-corrected chi connectivity index (χ3v) is 4.36. The Morgan fingerprint density at radius 3 is 2.82 bits per heavy atom. The van der Waals surface area contributed by atoms with E-state index in [1.54, 1.807) is 0 Å². The maximum Gasteiger partial charge on any atom is 0.317 e. The minimum atomic E-state index is 0.0948. The van der Waals surface area contributed by atoms with Crippen molar-refractivity contribution in [1.82, 2.24) is 15.5 Å². The maximum absolute atomic E-state index is 11.3. The largest absolute Gasteiger partial charge is 0.336 e. The van der Waals surface area contributed by atoms with E-state index < -0.39 is 0 Å². The average Bonchev–Trinajstić information content (AvgIpc) is 2.70. The van der Waals surface area contributed by atoms with Crippen LogP contribution >= 0.6 is 0 Å². The van der Waals surface area contributed by atoms with Crippen molar-refractivity contribution in [2.45, 2.75) is 39.2 Å². The van der Waals surface area contributed by atoms with Crippen LogP contribution in [-0.4, -0.2) is 43.2 Å². The molecule has 1 aliphatic heterocycles. The van der Waals surface area contributed by atoms with Crippen LogP contribution in [0.2, 0.25) is 0 Å². The fraction of sp³-hybridized carbons (Fsp3) is 0.923. The summed E-state index contributed by atoms with van der Waals surface area (Å²) in [6, 6.07) is 0.754. The van der Waals surface area contributed by atoms with Crippen molar-refractivity contribution in [3.63, 3.8) is 0 Å². The lowest BCUT2D eigenvalue weighted by molar-refractivity contribution is 0.208. The molecule has 1 saturated heterocycles. The topological polar surface area (TPSA) is 44.4 Å². The Morgan fingerprint density at radius 1 is 1.35 bits per heavy atom. The molecule has 3 unspecified atom stereocenters. The van der Waals surface area contributed by atoms with E-state index >= 15 is 0 Å². The predicted molar refractivity (Wildman–Crippen MR) is 68.9 cm³/mol. The van der Waals surface area contributed by atoms with E-state index in [2.05, 4.69) is 24.5 Å². The third kappa shape index (κ3) is 3.35. The Bertz CT molecular complexity index is 269. The molecule has 0 radical (unpaired) electrons. The van der Waals surface area contributed by atoms with Crippen LogP contribution in [0.5, 0.6) is 0 Å². The van der Waals surface area contributed by atoms with Gasteiger partial charge < -0.3 is 15.5 Å². The van der Waals surface area contributed by atoms with E-state index in [1.165, 1.54) is 19.3 Å². The zero-order valence-electron chi connectivity index (χ0n) is 11.0. The predicted octanol–water partition coefficient (Wildman–Crippen LogP) is 1.43. The summed E-state index contributed by atoms with van der Waals surface area (Å²) in [5.41, 5.74) is 0. The van der Waals surface area contributed by atoms with Crippen molar-refractivity contribution in [2.24, 2.45) is 11.8 Å². The highest BCUT2D eigenvalue weighted by atomic mass is 16.2. The first-order valence-electron chi connectivity index (χ1n) is 6.93. The molecule has 0 aromatic carbocycles. The van der Waals surface area contributed by atoms with Gasteiger partial charge in [-0.05, 0) is 31.1 Å². The number of nitrogens with zero attached hydrogens (tertiary/aromatic N) is 1. The van der Waals surface area contributed by atoms with E-state index in [1.807, 2.05) is 4.90 Å². The second-order valence-corrected chi connectivity index (χ2v) is 5.64. The van der Waals surface area contributed by atoms with Gasteiger partial charge in [0.1, 0.15) is 0 Å². The molecule has 4 nitrogen and oxygen atoms in total. The first-order valence-corrected chi connectivity index (χ1v) is 6.93. The van der Waals surface area contributed by atoms with Crippen molar-refractivity contribution in [1.29, 1.82) is 0 Å². The molecule has 2 fully saturated rings. The highest BCUT2D eigenvalue weighted by Crippen LogP contribution is 2.29. The quantitative estimate of drug-likeness (QED) is 0.779. The van der Waals surface area contributed by atoms with E-state index in [4.69, 9.17) is 0 Å². The van der Waals surface area contributed by atoms with Crippen LogP contribution in [0.25, 0.3) is 0 Å². The SMILES string of the molecule is CC1CCC(NCCN2CCNC2=O)CC1C. The minimum Gasteiger partial charge on any atom is -0.336 e. The number of rotatable bonds is 4. The molecule has 2 amide bonds. The van der Waals surface area contributed by atoms with E-state index in [0.29, 0.717) is 6.04 Å². The van der Waals surface area contributed by atoms with Crippen LogP contribution < -0.4 is 10.6 Å². The van der Waals surface area contributed by atoms with Gasteiger partial charge >= 0.3 is 6.03 Å². The molecule has 0 spiro atoms. The minimum absolute atomic E-state index is 0.0948. The summed E-state index contributed by atoms with van der Waals surface area (Å²) in [4.78, 5) is 13.2. The van der Waals surface area contributed by atoms with Crippen LogP contribution in [-0.2, 0) is 0 Å². The lowest BCUT2D eigenvalue weighted by Crippen LogP contribution is -2.41. The number of carbonyl (C=O) groups excluding carboxylic acids is 1. The number of hydrogen-bond donors (Lipinski definition) is 2. The second kappa shape index (κ2) is 5.71. The van der Waals surface area contributed by atoms with Gasteiger partial charge in [0.05, 0.1) is 0 Å². The molecule has 1 heterocycles. The van der Waals surface area contributed by atoms with Crippen molar-refractivity contribution in [2.75, 3.05) is 26.2 Å². The summed E-state index contributed by atoms with van der Waals surface area (Å²) in [5.74, 6) is 1.70. The van der Waals surface area contributed by atoms with Gasteiger partial charge in [0.25, 0.3) is 0 Å². The molecule has 0 bridgehead atoms. The second-order valence-electron chi connectivity index (χ2n) is 5.64. The van der Waals surface area contributed by atoms with E-state index in [9.17, 15) is 4.79 Å². The summed E-state index contributed by atoms with van der Waals surface area (Å²) >= 11 is 0. The molecule has 0 aromatic heterocycles. The summed E-state index contributed by atoms with van der Waals surface area (Å²) in [6.45, 7) is 8.14. The van der Waals surface area contributed by atoms with E-state index in [-0.39, 0.29) is 6.03 Å². The van der Waals surface area contributed by atoms with Gasteiger partial charge in [0.15, 0.2) is 0 Å². The van der Waals surface area contributed by atoms with Gasteiger partial charge in [0, 0.05) is 32.2 Å². The molecule has 2 rings (SSSR count). The van der Waals surface area contributed by atoms with Crippen LogP contribution in [0.4, 0.5) is 4.79 Å². The standard InChI is InChI=1S/C13H25N3O/c1-10-3-4-12(9-11(10)2)14-5-7-16-8-6-15-13(16)17/h10-12,14H,3-9H2,1-2H3,(H,15,17). The van der Waals surface area contributed by atoms with Gasteiger partial charge in [-0.1, -0.05) is 13.8 Å². The van der Waals surface area contributed by atoms with Crippen LogP contribution in [0, 0.1) is 11.8 Å². The molecule has 98 valence electrons. The third-order valence-electron chi connectivity index (χ3n) is 4.36. The Hall–Kier alpha value is -0.770. The van der Waals surface area contributed by atoms with Crippen LogP contribution in [0.3, 0.4) is 0 Å². The fourth-order valence-electron chi connectivity index (χ4n) is 2.86. The molecule has 1 aliphatic carbocycles. The monoisotopic (exact) mass is 239 g/mol. The maximum atomic E-state index is 11.3. The van der Waals surface area contributed by atoms with Gasteiger partial charge in [-0.25, -0.2) is 4.79 Å². The van der Waals surface area contributed by atoms with Crippen molar-refractivity contribution >= 4 is 6.03 Å². The fourth-order valence-corrected chi connectivity index (χ4v) is 2.86. The van der Waals surface area contributed by atoms with Crippen LogP contribution in [0.1, 0.15) is 33.1 Å². The van der Waals surface area contributed by atoms with Gasteiger partial charge in [-0.2, -0.15) is 0 Å². The Morgan fingerprint density at radius 2 is 2.18 bits per heavy atom. The number of urea groups is 1. The summed E-state index contributed by atoms with van der Waals surface area (Å²) in [5, 5.41) is 6.43. The molecular weight excluding hydrogens is 214 g/mol. The summed E-state index contributed by atoms with van der Waals surface area (Å²) < 4.78 is 0. The zero-order chi connectivity index (χ0) is 12.3. The first-order chi connectivity index (χ1) is 8.16. The van der Waals surface area contributed by atoms with Crippen molar-refractivity contribution < 1.29 is 4.79 Å². The number of hydrogen-bond acceptors (Lipinski definition) is 2. The molecule has 2 aliphatic rings. The van der Waals surface area contributed by atoms with Crippen molar-refractivity contribution in [3.05, 3.63) is 0 Å². The Kier molecular flexibility index (Phi) is 4.26. The van der Waals surface area contributed by atoms with Gasteiger partial charge in [-0.3, -0.25) is 0 Å². The van der Waals surface area contributed by atoms with Gasteiger partial charge in [0.2, 0.25) is 0 Å². The lowest BCUT2D eigenvalue weighted by atomic mass is 9.79. The normalized spacial score (nSPS) is 33.9. The zero-order valence-corrected chi connectivity index (χ0v) is 11.0. The summed E-state index contributed by atoms with van der Waals surface area (Å²) in [6.07, 6.45) is 3.91. The highest BCUT2D eigenvalue weighted by Gasteiger charge is 2.24. The smallest absolute Gasteiger partial charge is 0.317 e. The molecule has 4 heteroatoms. The van der Waals surface area contributed by atoms with Gasteiger partial charge in [-0.15, -0.1) is 0 Å². The summed E-state index contributed by atoms with van der Waals surface area (Å²) in [7, 11) is 0.